The highest BCUT2D eigenvalue weighted by Gasteiger charge is 2.12. The topological polar surface area (TPSA) is 51.0 Å². The zero-order valence-electron chi connectivity index (χ0n) is 10.2. The van der Waals surface area contributed by atoms with Crippen molar-refractivity contribution in [3.63, 3.8) is 0 Å². The van der Waals surface area contributed by atoms with Crippen LogP contribution in [0.4, 0.5) is 5.13 Å². The van der Waals surface area contributed by atoms with Crippen LogP contribution in [0.15, 0.2) is 28.7 Å². The first kappa shape index (κ1) is 11.2. The Morgan fingerprint density at radius 1 is 1.33 bits per heavy atom. The fourth-order valence-electron chi connectivity index (χ4n) is 1.86. The van der Waals surface area contributed by atoms with Crippen molar-refractivity contribution in [2.75, 3.05) is 11.9 Å². The van der Waals surface area contributed by atoms with E-state index in [0.717, 1.165) is 39.0 Å². The highest BCUT2D eigenvalue weighted by molar-refractivity contribution is 7.18. The first-order chi connectivity index (χ1) is 8.78. The summed E-state index contributed by atoms with van der Waals surface area (Å²) in [5, 5.41) is 14.1. The highest BCUT2D eigenvalue weighted by atomic mass is 32.1. The third kappa shape index (κ3) is 1.86. The largest absolute Gasteiger partial charge is 0.453 e. The molecule has 0 saturated carbocycles. The van der Waals surface area contributed by atoms with Gasteiger partial charge in [0.2, 0.25) is 5.13 Å². The van der Waals surface area contributed by atoms with Gasteiger partial charge in [0, 0.05) is 11.9 Å². The Morgan fingerprint density at radius 2 is 2.22 bits per heavy atom. The normalized spacial score (nSPS) is 11.0. The van der Waals surface area contributed by atoms with Crippen molar-refractivity contribution < 1.29 is 4.42 Å². The number of hydrogen-bond donors (Lipinski definition) is 1. The smallest absolute Gasteiger partial charge is 0.206 e. The van der Waals surface area contributed by atoms with Crippen molar-refractivity contribution >= 4 is 27.4 Å². The number of anilines is 1. The summed E-state index contributed by atoms with van der Waals surface area (Å²) in [5.74, 6) is 0.779. The molecule has 1 N–H and O–H groups in total. The highest BCUT2D eigenvalue weighted by Crippen LogP contribution is 2.32. The van der Waals surface area contributed by atoms with E-state index in [1.54, 1.807) is 0 Å². The van der Waals surface area contributed by atoms with Crippen LogP contribution >= 0.6 is 11.3 Å². The molecular formula is C13H13N3OS. The summed E-state index contributed by atoms with van der Waals surface area (Å²) >= 11 is 1.50. The molecule has 2 aromatic heterocycles. The minimum Gasteiger partial charge on any atom is -0.453 e. The molecule has 92 valence electrons. The van der Waals surface area contributed by atoms with E-state index in [4.69, 9.17) is 4.42 Å². The van der Waals surface area contributed by atoms with Gasteiger partial charge in [-0.2, -0.15) is 0 Å². The van der Waals surface area contributed by atoms with Gasteiger partial charge >= 0.3 is 0 Å². The number of nitrogens with zero attached hydrogens (tertiary/aromatic N) is 2. The zero-order chi connectivity index (χ0) is 12.5. The Hall–Kier alpha value is -1.88. The summed E-state index contributed by atoms with van der Waals surface area (Å²) in [6, 6.07) is 8.13. The first-order valence-corrected chi connectivity index (χ1v) is 6.66. The van der Waals surface area contributed by atoms with Gasteiger partial charge in [0.1, 0.15) is 5.58 Å². The maximum Gasteiger partial charge on any atom is 0.206 e. The van der Waals surface area contributed by atoms with Crippen LogP contribution in [0.2, 0.25) is 0 Å². The molecule has 0 fully saturated rings. The molecule has 0 amide bonds. The second kappa shape index (κ2) is 4.42. The molecule has 0 atom stereocenters. The number of nitrogens with one attached hydrogen (secondary N) is 1. The van der Waals surface area contributed by atoms with E-state index in [9.17, 15) is 0 Å². The molecule has 5 heteroatoms. The molecule has 4 nitrogen and oxygen atoms in total. The van der Waals surface area contributed by atoms with Crippen LogP contribution in [0.5, 0.6) is 0 Å². The number of aryl methyl sites for hydroxylation is 1. The quantitative estimate of drug-likeness (QED) is 0.779. The molecule has 0 aliphatic carbocycles. The van der Waals surface area contributed by atoms with E-state index in [2.05, 4.69) is 15.5 Å². The van der Waals surface area contributed by atoms with E-state index in [-0.39, 0.29) is 0 Å². The van der Waals surface area contributed by atoms with Gasteiger partial charge in [-0.3, -0.25) is 0 Å². The summed E-state index contributed by atoms with van der Waals surface area (Å²) in [6.45, 7) is 4.92. The minimum absolute atomic E-state index is 0.779. The summed E-state index contributed by atoms with van der Waals surface area (Å²) in [4.78, 5) is 0. The SMILES string of the molecule is CCNc1nnc(-c2cc3cccc(C)c3o2)s1. The lowest BCUT2D eigenvalue weighted by atomic mass is 10.2. The lowest BCUT2D eigenvalue weighted by Crippen LogP contribution is -1.94. The lowest BCUT2D eigenvalue weighted by molar-refractivity contribution is 0.627. The summed E-state index contributed by atoms with van der Waals surface area (Å²) in [5.41, 5.74) is 2.06. The zero-order valence-corrected chi connectivity index (χ0v) is 11.0. The van der Waals surface area contributed by atoms with Gasteiger partial charge in [0.25, 0.3) is 0 Å². The van der Waals surface area contributed by atoms with E-state index in [0.29, 0.717) is 0 Å². The van der Waals surface area contributed by atoms with Crippen LogP contribution in [0.1, 0.15) is 12.5 Å². The van der Waals surface area contributed by atoms with Gasteiger partial charge in [-0.25, -0.2) is 0 Å². The van der Waals surface area contributed by atoms with Gasteiger partial charge in [0.05, 0.1) is 0 Å². The fraction of sp³-hybridized carbons (Fsp3) is 0.231. The minimum atomic E-state index is 0.779. The number of hydrogen-bond acceptors (Lipinski definition) is 5. The number of benzene rings is 1. The molecule has 0 aliphatic heterocycles. The molecule has 3 rings (SSSR count). The van der Waals surface area contributed by atoms with Crippen molar-refractivity contribution in [2.45, 2.75) is 13.8 Å². The van der Waals surface area contributed by atoms with Crippen molar-refractivity contribution in [1.82, 2.24) is 10.2 Å². The molecule has 3 aromatic rings. The molecular weight excluding hydrogens is 246 g/mol. The average Bonchev–Trinajstić information content (AvgIpc) is 2.96. The van der Waals surface area contributed by atoms with Gasteiger partial charge in [-0.15, -0.1) is 10.2 Å². The second-order valence-corrected chi connectivity index (χ2v) is 5.02. The van der Waals surface area contributed by atoms with Crippen molar-refractivity contribution in [3.8, 4) is 10.8 Å². The Bertz CT molecular complexity index is 686. The number of furan rings is 1. The van der Waals surface area contributed by atoms with Crippen LogP contribution in [0.25, 0.3) is 21.7 Å². The predicted molar refractivity (Wildman–Crippen MR) is 74.0 cm³/mol. The van der Waals surface area contributed by atoms with E-state index in [1.807, 2.05) is 38.1 Å². The monoisotopic (exact) mass is 259 g/mol. The third-order valence-electron chi connectivity index (χ3n) is 2.70. The van der Waals surface area contributed by atoms with Crippen LogP contribution in [-0.4, -0.2) is 16.7 Å². The fourth-order valence-corrected chi connectivity index (χ4v) is 2.62. The second-order valence-electron chi connectivity index (χ2n) is 4.05. The molecule has 0 spiro atoms. The first-order valence-electron chi connectivity index (χ1n) is 5.85. The summed E-state index contributed by atoms with van der Waals surface area (Å²) in [6.07, 6.45) is 0. The van der Waals surface area contributed by atoms with Crippen molar-refractivity contribution in [2.24, 2.45) is 0 Å². The molecule has 0 bridgehead atoms. The predicted octanol–water partition coefficient (Wildman–Crippen LogP) is 3.69. The number of fused-ring (bicyclic) bond motifs is 1. The van der Waals surface area contributed by atoms with Crippen LogP contribution in [0.3, 0.4) is 0 Å². The van der Waals surface area contributed by atoms with Crippen LogP contribution in [0, 0.1) is 6.92 Å². The van der Waals surface area contributed by atoms with Crippen molar-refractivity contribution in [3.05, 3.63) is 29.8 Å². The van der Waals surface area contributed by atoms with Crippen LogP contribution < -0.4 is 5.32 Å². The van der Waals surface area contributed by atoms with E-state index < -0.39 is 0 Å². The maximum absolute atomic E-state index is 5.86. The Labute approximate surface area is 109 Å². The van der Waals surface area contributed by atoms with Crippen LogP contribution in [-0.2, 0) is 0 Å². The molecule has 0 saturated heterocycles. The summed E-state index contributed by atoms with van der Waals surface area (Å²) in [7, 11) is 0. The van der Waals surface area contributed by atoms with E-state index in [1.165, 1.54) is 11.3 Å². The Kier molecular flexibility index (Phi) is 2.76. The maximum atomic E-state index is 5.86. The molecule has 0 radical (unpaired) electrons. The van der Waals surface area contributed by atoms with Crippen molar-refractivity contribution in [1.29, 1.82) is 0 Å². The van der Waals surface area contributed by atoms with Gasteiger partial charge in [-0.05, 0) is 25.5 Å². The molecule has 18 heavy (non-hydrogen) atoms. The van der Waals surface area contributed by atoms with Gasteiger partial charge in [0.15, 0.2) is 10.8 Å². The number of rotatable bonds is 3. The molecule has 0 unspecified atom stereocenters. The Balaban J connectivity index is 2.05. The standard InChI is InChI=1S/C13H13N3OS/c1-3-14-13-16-15-12(18-13)10-7-9-6-4-5-8(2)11(9)17-10/h4-7H,3H2,1-2H3,(H,14,16). The molecule has 0 aliphatic rings. The number of aromatic nitrogens is 2. The number of para-hydroxylation sites is 1. The summed E-state index contributed by atoms with van der Waals surface area (Å²) < 4.78 is 5.86. The molecule has 2 heterocycles. The average molecular weight is 259 g/mol. The Morgan fingerprint density at radius 3 is 3.00 bits per heavy atom. The molecule has 1 aromatic carbocycles. The third-order valence-corrected chi connectivity index (χ3v) is 3.60. The van der Waals surface area contributed by atoms with Gasteiger partial charge < -0.3 is 9.73 Å². The van der Waals surface area contributed by atoms with E-state index >= 15 is 0 Å². The lowest BCUT2D eigenvalue weighted by Gasteiger charge is -1.92. The van der Waals surface area contributed by atoms with Gasteiger partial charge in [-0.1, -0.05) is 29.5 Å².